The molecule has 1 unspecified atom stereocenters. The SMILES string of the molecule is CCO[Si](CC(CN)CC=C(F)C(F)(F)C(F)(F)C(F)(F)C(F)(F)C(F)(F)C(F)(F)C(F)(F)F)(OCC)OCC. The molecule has 4 nitrogen and oxygen atoms in total. The summed E-state index contributed by atoms with van der Waals surface area (Å²) in [5, 5.41) is 0. The van der Waals surface area contributed by atoms with Crippen molar-refractivity contribution in [3.05, 3.63) is 11.9 Å². The minimum Gasteiger partial charge on any atom is -0.374 e. The Balaban J connectivity index is 6.42. The van der Waals surface area contributed by atoms with Crippen molar-refractivity contribution in [2.45, 2.75) is 74.9 Å². The smallest absolute Gasteiger partial charge is 0.374 e. The van der Waals surface area contributed by atoms with E-state index in [1.54, 1.807) is 0 Å². The second kappa shape index (κ2) is 12.9. The minimum atomic E-state index is -8.50. The van der Waals surface area contributed by atoms with E-state index in [1.165, 1.54) is 20.8 Å². The molecule has 1 atom stereocenters. The van der Waals surface area contributed by atoms with Crippen LogP contribution in [-0.2, 0) is 13.3 Å². The molecule has 0 radical (unpaired) electrons. The molecule has 0 fully saturated rings. The van der Waals surface area contributed by atoms with E-state index in [9.17, 15) is 70.2 Å². The average Bonchev–Trinajstić information content (AvgIpc) is 2.80. The van der Waals surface area contributed by atoms with E-state index in [0.717, 1.165) is 0 Å². The van der Waals surface area contributed by atoms with Crippen molar-refractivity contribution in [1.29, 1.82) is 0 Å². The van der Waals surface area contributed by atoms with Crippen LogP contribution in [0.2, 0.25) is 6.04 Å². The van der Waals surface area contributed by atoms with Gasteiger partial charge in [-0.05, 0) is 45.7 Å². The number of hydrogen-bond donors (Lipinski definition) is 1. The van der Waals surface area contributed by atoms with Crippen molar-refractivity contribution >= 4 is 8.80 Å². The summed E-state index contributed by atoms with van der Waals surface area (Å²) in [7, 11) is -3.68. The molecule has 0 saturated heterocycles. The molecule has 2 N–H and O–H groups in total. The van der Waals surface area contributed by atoms with Gasteiger partial charge in [0.05, 0.1) is 0 Å². The topological polar surface area (TPSA) is 53.7 Å². The molecule has 0 rings (SSSR count). The van der Waals surface area contributed by atoms with Crippen molar-refractivity contribution in [2.24, 2.45) is 11.7 Å². The van der Waals surface area contributed by atoms with Crippen LogP contribution in [0.5, 0.6) is 0 Å². The van der Waals surface area contributed by atoms with E-state index in [2.05, 4.69) is 0 Å². The maximum absolute atomic E-state index is 14.1. The molecule has 0 spiro atoms. The van der Waals surface area contributed by atoms with Gasteiger partial charge in [0.2, 0.25) is 0 Å². The van der Waals surface area contributed by atoms with Crippen LogP contribution in [0.4, 0.5) is 70.2 Å². The third kappa shape index (κ3) is 6.83. The van der Waals surface area contributed by atoms with Gasteiger partial charge in [-0.1, -0.05) is 0 Å². The molecule has 0 aliphatic rings. The predicted octanol–water partition coefficient (Wildman–Crippen LogP) is 7.23. The predicted molar refractivity (Wildman–Crippen MR) is 108 cm³/mol. The highest BCUT2D eigenvalue weighted by molar-refractivity contribution is 6.60. The summed E-state index contributed by atoms with van der Waals surface area (Å²) >= 11 is 0. The minimum absolute atomic E-state index is 0.0423. The van der Waals surface area contributed by atoms with Gasteiger partial charge in [-0.2, -0.15) is 65.9 Å². The molecule has 0 amide bonds. The average molecular weight is 647 g/mol. The third-order valence-corrected chi connectivity index (χ3v) is 8.49. The Morgan fingerprint density at radius 2 is 1.00 bits per heavy atom. The van der Waals surface area contributed by atoms with Gasteiger partial charge in [-0.25, -0.2) is 4.39 Å². The van der Waals surface area contributed by atoms with Crippen molar-refractivity contribution in [2.75, 3.05) is 26.4 Å². The van der Waals surface area contributed by atoms with Gasteiger partial charge in [0.15, 0.2) is 5.83 Å². The van der Waals surface area contributed by atoms with Crippen molar-refractivity contribution < 1.29 is 83.5 Å². The quantitative estimate of drug-likeness (QED) is 0.134. The summed E-state index contributed by atoms with van der Waals surface area (Å²) in [6, 6.07) is -0.405. The van der Waals surface area contributed by atoms with Gasteiger partial charge in [0.25, 0.3) is 0 Å². The van der Waals surface area contributed by atoms with E-state index in [4.69, 9.17) is 19.0 Å². The normalized spacial score (nSPS) is 16.4. The first-order chi connectivity index (χ1) is 17.7. The molecule has 0 aromatic rings. The molecule has 0 saturated carbocycles. The number of allylic oxidation sites excluding steroid dienone is 2. The number of nitrogens with two attached hydrogens (primary N) is 1. The molecular formula is C19H25F16NO3Si. The molecule has 0 bridgehead atoms. The van der Waals surface area contributed by atoms with E-state index in [1.807, 2.05) is 0 Å². The zero-order valence-electron chi connectivity index (χ0n) is 20.7. The molecular weight excluding hydrogens is 622 g/mol. The van der Waals surface area contributed by atoms with E-state index in [0.29, 0.717) is 0 Å². The number of hydrogen-bond acceptors (Lipinski definition) is 4. The molecule has 21 heteroatoms. The summed E-state index contributed by atoms with van der Waals surface area (Å²) in [5.41, 5.74) is 5.40. The molecule has 240 valence electrons. The number of halogens is 16. The van der Waals surface area contributed by atoms with Gasteiger partial charge >= 0.3 is 50.5 Å². The van der Waals surface area contributed by atoms with E-state index in [-0.39, 0.29) is 19.8 Å². The highest BCUT2D eigenvalue weighted by atomic mass is 28.4. The third-order valence-electron chi connectivity index (χ3n) is 5.22. The van der Waals surface area contributed by atoms with Crippen molar-refractivity contribution in [1.82, 2.24) is 0 Å². The fourth-order valence-corrected chi connectivity index (χ4v) is 6.06. The monoisotopic (exact) mass is 647 g/mol. The number of rotatable bonds is 17. The van der Waals surface area contributed by atoms with Gasteiger partial charge in [-0.3, -0.25) is 0 Å². The summed E-state index contributed by atoms with van der Waals surface area (Å²) in [4.78, 5) is 0. The number of alkyl halides is 15. The van der Waals surface area contributed by atoms with Gasteiger partial charge < -0.3 is 19.0 Å². The van der Waals surface area contributed by atoms with Crippen LogP contribution >= 0.6 is 0 Å². The summed E-state index contributed by atoms with van der Waals surface area (Å²) in [6.07, 6.45) is -9.41. The first kappa shape index (κ1) is 38.7. The first-order valence-corrected chi connectivity index (χ1v) is 13.0. The Bertz CT molecular complexity index is 833. The Morgan fingerprint density at radius 1 is 0.650 bits per heavy atom. The lowest BCUT2D eigenvalue weighted by Gasteiger charge is -2.41. The Labute approximate surface area is 218 Å². The standard InChI is InChI=1S/C19H25F16NO3Si/c1-4-37-40(38-5-2,39-6-3)10-11(9-36)7-8-12(20)13(21,22)14(23,24)15(25,26)16(27,28)17(29,30)18(31,32)19(33,34)35/h8,11H,4-7,9-10,36H2,1-3H3. The lowest BCUT2D eigenvalue weighted by molar-refractivity contribution is -0.450. The van der Waals surface area contributed by atoms with Crippen LogP contribution in [0, 0.1) is 5.92 Å². The maximum Gasteiger partial charge on any atom is 0.501 e. The lowest BCUT2D eigenvalue weighted by atomic mass is 9.90. The molecule has 0 aromatic carbocycles. The fraction of sp³-hybridized carbons (Fsp3) is 0.895. The van der Waals surface area contributed by atoms with Crippen LogP contribution in [0.3, 0.4) is 0 Å². The largest absolute Gasteiger partial charge is 0.501 e. The van der Waals surface area contributed by atoms with Crippen molar-refractivity contribution in [3.63, 3.8) is 0 Å². The Morgan fingerprint density at radius 3 is 1.32 bits per heavy atom. The summed E-state index contributed by atoms with van der Waals surface area (Å²) in [5.74, 6) is -53.4. The van der Waals surface area contributed by atoms with E-state index < -0.39 is 87.3 Å². The van der Waals surface area contributed by atoms with Crippen LogP contribution in [0.15, 0.2) is 11.9 Å². The van der Waals surface area contributed by atoms with Crippen molar-refractivity contribution in [3.8, 4) is 0 Å². The van der Waals surface area contributed by atoms with Gasteiger partial charge in [-0.15, -0.1) is 0 Å². The molecule has 40 heavy (non-hydrogen) atoms. The second-order valence-electron chi connectivity index (χ2n) is 8.02. The highest BCUT2D eigenvalue weighted by Crippen LogP contribution is 2.63. The first-order valence-electron chi connectivity index (χ1n) is 11.1. The van der Waals surface area contributed by atoms with Crippen LogP contribution in [-0.4, -0.2) is 76.9 Å². The second-order valence-corrected chi connectivity index (χ2v) is 10.7. The van der Waals surface area contributed by atoms with Gasteiger partial charge in [0.1, 0.15) is 0 Å². The molecule has 0 aliphatic carbocycles. The molecule has 0 heterocycles. The Hall–Kier alpha value is -1.32. The zero-order valence-corrected chi connectivity index (χ0v) is 21.7. The van der Waals surface area contributed by atoms with E-state index >= 15 is 0 Å². The lowest BCUT2D eigenvalue weighted by Crippen LogP contribution is -2.72. The van der Waals surface area contributed by atoms with Crippen LogP contribution in [0.1, 0.15) is 27.2 Å². The Kier molecular flexibility index (Phi) is 12.5. The van der Waals surface area contributed by atoms with Crippen LogP contribution < -0.4 is 5.73 Å². The summed E-state index contributed by atoms with van der Waals surface area (Å²) < 4.78 is 230. The highest BCUT2D eigenvalue weighted by Gasteiger charge is 2.93. The zero-order chi connectivity index (χ0) is 32.2. The summed E-state index contributed by atoms with van der Waals surface area (Å²) in [6.45, 7) is 3.73. The van der Waals surface area contributed by atoms with Gasteiger partial charge in [0, 0.05) is 25.9 Å². The fourth-order valence-electron chi connectivity index (χ4n) is 3.09. The van der Waals surface area contributed by atoms with Crippen LogP contribution in [0.25, 0.3) is 0 Å². The maximum atomic E-state index is 14.1. The molecule has 0 aliphatic heterocycles. The molecule has 0 aromatic heterocycles.